The van der Waals surface area contributed by atoms with E-state index in [4.69, 9.17) is 9.53 Å². The summed E-state index contributed by atoms with van der Waals surface area (Å²) in [4.78, 5) is 10.7. The Morgan fingerprint density at radius 1 is 1.07 bits per heavy atom. The summed E-state index contributed by atoms with van der Waals surface area (Å²) >= 11 is 0. The predicted octanol–water partition coefficient (Wildman–Crippen LogP) is 4.07. The Bertz CT molecular complexity index is 749. The number of amides is 1. The highest BCUT2D eigenvalue weighted by atomic mass is 28.4. The Kier molecular flexibility index (Phi) is 7.54. The third-order valence-corrected chi connectivity index (χ3v) is 9.82. The molecular weight excluding hydrogens is 373 g/mol. The molecule has 1 amide bonds. The van der Waals surface area contributed by atoms with Crippen molar-refractivity contribution in [1.82, 2.24) is 5.32 Å². The Labute approximate surface area is 167 Å². The van der Waals surface area contributed by atoms with Gasteiger partial charge in [0.05, 0.1) is 6.33 Å². The van der Waals surface area contributed by atoms with E-state index in [0.717, 1.165) is 10.4 Å². The average molecular weight is 402 g/mol. The van der Waals surface area contributed by atoms with E-state index in [1.54, 1.807) is 0 Å². The molecule has 0 saturated carbocycles. The second-order valence-corrected chi connectivity index (χ2v) is 12.0. The van der Waals surface area contributed by atoms with Crippen molar-refractivity contribution in [2.45, 2.75) is 32.2 Å². The Balaban J connectivity index is 2.35. The summed E-state index contributed by atoms with van der Waals surface area (Å²) in [5, 5.41) is 13.1. The van der Waals surface area contributed by atoms with Gasteiger partial charge in [-0.25, -0.2) is 9.18 Å². The van der Waals surface area contributed by atoms with Crippen LogP contribution in [0.15, 0.2) is 72.6 Å². The van der Waals surface area contributed by atoms with Crippen LogP contribution in [0, 0.1) is 0 Å². The fraction of sp³-hybridized carbons (Fsp3) is 0.318. The van der Waals surface area contributed by atoms with Gasteiger partial charge in [0.25, 0.3) is 8.32 Å². The van der Waals surface area contributed by atoms with Crippen molar-refractivity contribution >= 4 is 24.8 Å². The van der Waals surface area contributed by atoms with Crippen LogP contribution in [-0.2, 0) is 4.43 Å². The summed E-state index contributed by atoms with van der Waals surface area (Å²) in [5.41, 5.74) is 0.361. The average Bonchev–Trinajstić information content (AvgIpc) is 2.68. The first-order valence-corrected chi connectivity index (χ1v) is 11.2. The number of halogens is 1. The van der Waals surface area contributed by atoms with Gasteiger partial charge in [-0.05, 0) is 27.4 Å². The van der Waals surface area contributed by atoms with E-state index in [2.05, 4.69) is 50.4 Å². The van der Waals surface area contributed by atoms with Gasteiger partial charge >= 0.3 is 6.09 Å². The van der Waals surface area contributed by atoms with Gasteiger partial charge in [0.2, 0.25) is 0 Å². The maximum atomic E-state index is 13.2. The van der Waals surface area contributed by atoms with Crippen LogP contribution in [0.2, 0.25) is 5.04 Å². The van der Waals surface area contributed by atoms with E-state index < -0.39 is 14.4 Å². The molecule has 0 aromatic heterocycles. The zero-order chi connectivity index (χ0) is 20.6. The highest BCUT2D eigenvalue weighted by Crippen LogP contribution is 2.36. The summed E-state index contributed by atoms with van der Waals surface area (Å²) in [6.45, 7) is 6.80. The zero-order valence-corrected chi connectivity index (χ0v) is 17.6. The van der Waals surface area contributed by atoms with E-state index in [1.807, 2.05) is 36.4 Å². The fourth-order valence-electron chi connectivity index (χ4n) is 3.47. The fourth-order valence-corrected chi connectivity index (χ4v) is 8.03. The van der Waals surface area contributed by atoms with Gasteiger partial charge < -0.3 is 14.8 Å². The van der Waals surface area contributed by atoms with Gasteiger partial charge in [-0.1, -0.05) is 81.4 Å². The molecule has 0 spiro atoms. The maximum Gasteiger partial charge on any atom is 0.404 e. The summed E-state index contributed by atoms with van der Waals surface area (Å²) in [5.74, 6) is 0. The molecule has 0 bridgehead atoms. The molecule has 0 aliphatic rings. The van der Waals surface area contributed by atoms with Crippen LogP contribution in [0.4, 0.5) is 9.18 Å². The van der Waals surface area contributed by atoms with E-state index in [-0.39, 0.29) is 11.6 Å². The molecule has 2 rings (SSSR count). The Hall–Kier alpha value is -2.44. The van der Waals surface area contributed by atoms with Gasteiger partial charge in [0, 0.05) is 13.2 Å². The third-order valence-electron chi connectivity index (χ3n) is 4.78. The molecule has 150 valence electrons. The van der Waals surface area contributed by atoms with E-state index in [9.17, 15) is 9.18 Å². The van der Waals surface area contributed by atoms with E-state index >= 15 is 0 Å². The molecule has 6 heteroatoms. The molecule has 0 atom stereocenters. The topological polar surface area (TPSA) is 58.6 Å². The van der Waals surface area contributed by atoms with E-state index in [0.29, 0.717) is 24.9 Å². The maximum absolute atomic E-state index is 13.2. The molecule has 0 unspecified atom stereocenters. The Morgan fingerprint density at radius 2 is 1.57 bits per heavy atom. The van der Waals surface area contributed by atoms with Gasteiger partial charge in [0.1, 0.15) is 0 Å². The van der Waals surface area contributed by atoms with Crippen LogP contribution < -0.4 is 15.7 Å². The van der Waals surface area contributed by atoms with Crippen molar-refractivity contribution in [3.63, 3.8) is 0 Å². The van der Waals surface area contributed by atoms with Gasteiger partial charge in [-0.2, -0.15) is 0 Å². The number of hydrogen-bond donors (Lipinski definition) is 2. The summed E-state index contributed by atoms with van der Waals surface area (Å²) in [7, 11) is -2.66. The standard InChI is InChI=1S/C22H28FNO3Si/c1-22(2,3)28(19-10-6-4-7-11-19,20-12-8-5-9-13-20)27-15-14-18(16-23)17-24-21(25)26/h4-13,16,24H,14-15,17H2,1-3H3,(H,25,26)/b18-16+. The quantitative estimate of drug-likeness (QED) is 0.656. The normalized spacial score (nSPS) is 12.6. The second kappa shape index (κ2) is 9.66. The molecule has 0 fully saturated rings. The van der Waals surface area contributed by atoms with Crippen LogP contribution >= 0.6 is 0 Å². The molecule has 2 aromatic rings. The molecule has 2 N–H and O–H groups in total. The van der Waals surface area contributed by atoms with Crippen molar-refractivity contribution < 1.29 is 18.7 Å². The second-order valence-electron chi connectivity index (χ2n) is 7.69. The third kappa shape index (κ3) is 5.08. The number of carboxylic acid groups (broad SMARTS) is 1. The zero-order valence-electron chi connectivity index (χ0n) is 16.6. The molecule has 28 heavy (non-hydrogen) atoms. The van der Waals surface area contributed by atoms with Gasteiger partial charge in [-0.3, -0.25) is 0 Å². The molecule has 4 nitrogen and oxygen atoms in total. The van der Waals surface area contributed by atoms with Crippen molar-refractivity contribution in [3.8, 4) is 0 Å². The van der Waals surface area contributed by atoms with Crippen molar-refractivity contribution in [2.75, 3.05) is 13.2 Å². The first-order valence-electron chi connectivity index (χ1n) is 9.31. The largest absolute Gasteiger partial charge is 0.465 e. The summed E-state index contributed by atoms with van der Waals surface area (Å²) < 4.78 is 19.8. The molecule has 0 saturated heterocycles. The number of rotatable bonds is 8. The first kappa shape index (κ1) is 21.9. The number of benzene rings is 2. The molecule has 0 aliphatic heterocycles. The first-order chi connectivity index (χ1) is 13.3. The van der Waals surface area contributed by atoms with Crippen molar-refractivity contribution in [1.29, 1.82) is 0 Å². The minimum Gasteiger partial charge on any atom is -0.465 e. The molecule has 2 aromatic carbocycles. The smallest absolute Gasteiger partial charge is 0.404 e. The SMILES string of the molecule is CC(C)(C)[Si](OCC/C(=C\F)CNC(=O)O)(c1ccccc1)c1ccccc1. The monoisotopic (exact) mass is 401 g/mol. The number of carbonyl (C=O) groups is 1. The van der Waals surface area contributed by atoms with Crippen molar-refractivity contribution in [3.05, 3.63) is 72.6 Å². The molecule has 0 heterocycles. The van der Waals surface area contributed by atoms with Crippen LogP contribution in [0.1, 0.15) is 27.2 Å². The van der Waals surface area contributed by atoms with Crippen LogP contribution in [-0.4, -0.2) is 32.7 Å². The molecule has 0 radical (unpaired) electrons. The lowest BCUT2D eigenvalue weighted by Gasteiger charge is -2.43. The highest BCUT2D eigenvalue weighted by Gasteiger charge is 2.49. The predicted molar refractivity (Wildman–Crippen MR) is 113 cm³/mol. The molecular formula is C22H28FNO3Si. The highest BCUT2D eigenvalue weighted by molar-refractivity contribution is 6.99. The van der Waals surface area contributed by atoms with Gasteiger partial charge in [-0.15, -0.1) is 0 Å². The molecule has 0 aliphatic carbocycles. The van der Waals surface area contributed by atoms with Crippen LogP contribution in [0.25, 0.3) is 0 Å². The number of nitrogens with one attached hydrogen (secondary N) is 1. The lowest BCUT2D eigenvalue weighted by molar-refractivity contribution is 0.195. The summed E-state index contributed by atoms with van der Waals surface area (Å²) in [6, 6.07) is 20.4. The lowest BCUT2D eigenvalue weighted by atomic mass is 10.2. The minimum absolute atomic E-state index is 0.0457. The van der Waals surface area contributed by atoms with E-state index in [1.165, 1.54) is 0 Å². The summed E-state index contributed by atoms with van der Waals surface area (Å²) in [6.07, 6.45) is -0.390. The van der Waals surface area contributed by atoms with Crippen LogP contribution in [0.5, 0.6) is 0 Å². The lowest BCUT2D eigenvalue weighted by Crippen LogP contribution is -2.66. The Morgan fingerprint density at radius 3 is 1.96 bits per heavy atom. The number of hydrogen-bond acceptors (Lipinski definition) is 2. The van der Waals surface area contributed by atoms with Crippen molar-refractivity contribution in [2.24, 2.45) is 0 Å². The van der Waals surface area contributed by atoms with Gasteiger partial charge in [0.15, 0.2) is 0 Å². The minimum atomic E-state index is -2.66. The van der Waals surface area contributed by atoms with Crippen LogP contribution in [0.3, 0.4) is 0 Å².